The van der Waals surface area contributed by atoms with Crippen molar-refractivity contribution in [2.24, 2.45) is 5.73 Å². The predicted octanol–water partition coefficient (Wildman–Crippen LogP) is 1.14. The van der Waals surface area contributed by atoms with E-state index in [-0.39, 0.29) is 18.7 Å². The lowest BCUT2D eigenvalue weighted by Gasteiger charge is -2.24. The lowest BCUT2D eigenvalue weighted by atomic mass is 10.1. The molecule has 2 rings (SSSR count). The molecule has 0 unspecified atom stereocenters. The molecule has 0 spiro atoms. The lowest BCUT2D eigenvalue weighted by Crippen LogP contribution is -2.44. The molecule has 0 radical (unpaired) electrons. The van der Waals surface area contributed by atoms with Crippen molar-refractivity contribution in [1.82, 2.24) is 4.98 Å². The van der Waals surface area contributed by atoms with E-state index in [2.05, 4.69) is 9.72 Å². The normalized spacial score (nSPS) is 11.6. The van der Waals surface area contributed by atoms with Gasteiger partial charge in [-0.05, 0) is 11.6 Å². The van der Waals surface area contributed by atoms with Crippen LogP contribution in [0.4, 0.5) is 5.69 Å². The summed E-state index contributed by atoms with van der Waals surface area (Å²) in [6, 6.07) is 9.40. The third-order valence-corrected chi connectivity index (χ3v) is 3.59. The molecule has 1 aromatic carbocycles. The van der Waals surface area contributed by atoms with Gasteiger partial charge in [-0.1, -0.05) is 30.3 Å². The van der Waals surface area contributed by atoms with E-state index in [1.807, 2.05) is 30.3 Å². The molecule has 2 aromatic rings. The number of amides is 1. The Kier molecular flexibility index (Phi) is 5.91. The van der Waals surface area contributed by atoms with E-state index in [9.17, 15) is 14.4 Å². The number of carbonyl (C=O) groups excluding carboxylic acids is 2. The van der Waals surface area contributed by atoms with Gasteiger partial charge in [0, 0.05) is 6.20 Å². The van der Waals surface area contributed by atoms with Gasteiger partial charge < -0.3 is 25.5 Å². The van der Waals surface area contributed by atoms with Gasteiger partial charge in [0.1, 0.15) is 5.69 Å². The number of carboxylic acid groups (broad SMARTS) is 1. The lowest BCUT2D eigenvalue weighted by molar-refractivity contribution is -0.142. The molecule has 132 valence electrons. The van der Waals surface area contributed by atoms with E-state index in [0.717, 1.165) is 5.56 Å². The number of hydrogen-bond donors (Lipinski definition) is 3. The van der Waals surface area contributed by atoms with Crippen LogP contribution in [0.3, 0.4) is 0 Å². The van der Waals surface area contributed by atoms with Crippen LogP contribution in [0.2, 0.25) is 0 Å². The van der Waals surface area contributed by atoms with E-state index in [1.54, 1.807) is 0 Å². The molecule has 0 bridgehead atoms. The van der Waals surface area contributed by atoms with Gasteiger partial charge in [-0.2, -0.15) is 0 Å². The first-order valence-electron chi connectivity index (χ1n) is 7.51. The van der Waals surface area contributed by atoms with Crippen molar-refractivity contribution in [2.75, 3.05) is 12.0 Å². The second-order valence-corrected chi connectivity index (χ2v) is 5.37. The minimum Gasteiger partial charge on any atom is -0.477 e. The summed E-state index contributed by atoms with van der Waals surface area (Å²) in [6.07, 6.45) is 1.14. The van der Waals surface area contributed by atoms with Crippen molar-refractivity contribution >= 4 is 23.5 Å². The number of carbonyl (C=O) groups is 3. The van der Waals surface area contributed by atoms with Crippen LogP contribution in [-0.2, 0) is 20.9 Å². The van der Waals surface area contributed by atoms with E-state index < -0.39 is 23.9 Å². The molecule has 8 nitrogen and oxygen atoms in total. The number of nitrogens with zero attached hydrogens (tertiary/aromatic N) is 1. The van der Waals surface area contributed by atoms with Crippen LogP contribution >= 0.6 is 0 Å². The number of aromatic amines is 1. The number of nitrogens with two attached hydrogens (primary N) is 1. The zero-order chi connectivity index (χ0) is 18.4. The number of aromatic nitrogens is 1. The standard InChI is InChI=1S/C17H19N3O5/c1-25-15(21)8-13(18)16(22)20(10-11-5-3-2-4-6-11)12-7-14(17(23)24)19-9-12/h2-7,9,13,19H,8,10,18H2,1H3,(H,23,24)/t13-/m0/s1. The topological polar surface area (TPSA) is 126 Å². The summed E-state index contributed by atoms with van der Waals surface area (Å²) >= 11 is 0. The van der Waals surface area contributed by atoms with Crippen molar-refractivity contribution in [3.63, 3.8) is 0 Å². The first-order chi connectivity index (χ1) is 11.9. The van der Waals surface area contributed by atoms with Gasteiger partial charge in [-0.15, -0.1) is 0 Å². The summed E-state index contributed by atoms with van der Waals surface area (Å²) in [5.41, 5.74) is 6.97. The van der Waals surface area contributed by atoms with Gasteiger partial charge in [-0.25, -0.2) is 4.79 Å². The highest BCUT2D eigenvalue weighted by molar-refractivity contribution is 5.99. The summed E-state index contributed by atoms with van der Waals surface area (Å²) in [5, 5.41) is 9.05. The zero-order valence-corrected chi connectivity index (χ0v) is 13.6. The van der Waals surface area contributed by atoms with Crippen LogP contribution in [0.5, 0.6) is 0 Å². The fourth-order valence-corrected chi connectivity index (χ4v) is 2.28. The molecule has 0 saturated carbocycles. The van der Waals surface area contributed by atoms with Gasteiger partial charge in [0.25, 0.3) is 0 Å². The highest BCUT2D eigenvalue weighted by atomic mass is 16.5. The van der Waals surface area contributed by atoms with Gasteiger partial charge in [0.15, 0.2) is 0 Å². The first kappa shape index (κ1) is 18.2. The van der Waals surface area contributed by atoms with Crippen molar-refractivity contribution in [2.45, 2.75) is 19.0 Å². The minimum atomic E-state index is -1.14. The summed E-state index contributed by atoms with van der Waals surface area (Å²) in [7, 11) is 1.21. The van der Waals surface area contributed by atoms with Crippen LogP contribution in [0.1, 0.15) is 22.5 Å². The predicted molar refractivity (Wildman–Crippen MR) is 90.0 cm³/mol. The van der Waals surface area contributed by atoms with Crippen molar-refractivity contribution in [1.29, 1.82) is 0 Å². The van der Waals surface area contributed by atoms with Crippen LogP contribution in [0, 0.1) is 0 Å². The number of carboxylic acids is 1. The maximum absolute atomic E-state index is 12.7. The Morgan fingerprint density at radius 2 is 1.96 bits per heavy atom. The third-order valence-electron chi connectivity index (χ3n) is 3.59. The Morgan fingerprint density at radius 1 is 1.28 bits per heavy atom. The molecule has 1 amide bonds. The molecule has 0 aliphatic carbocycles. The van der Waals surface area contributed by atoms with Crippen molar-refractivity contribution in [3.8, 4) is 0 Å². The highest BCUT2D eigenvalue weighted by Gasteiger charge is 2.26. The Balaban J connectivity index is 2.28. The van der Waals surface area contributed by atoms with Gasteiger partial charge >= 0.3 is 11.9 Å². The molecule has 1 heterocycles. The van der Waals surface area contributed by atoms with E-state index in [4.69, 9.17) is 10.8 Å². The summed E-state index contributed by atoms with van der Waals surface area (Å²) < 4.78 is 4.54. The fraction of sp³-hybridized carbons (Fsp3) is 0.235. The molecule has 0 saturated heterocycles. The minimum absolute atomic E-state index is 0.0533. The highest BCUT2D eigenvalue weighted by Crippen LogP contribution is 2.20. The van der Waals surface area contributed by atoms with Crippen LogP contribution in [0.25, 0.3) is 0 Å². The van der Waals surface area contributed by atoms with Crippen LogP contribution in [0.15, 0.2) is 42.6 Å². The number of benzene rings is 1. The Bertz CT molecular complexity index is 757. The molecule has 25 heavy (non-hydrogen) atoms. The number of aromatic carboxylic acids is 1. The maximum atomic E-state index is 12.7. The van der Waals surface area contributed by atoms with Crippen molar-refractivity contribution in [3.05, 3.63) is 53.9 Å². The zero-order valence-electron chi connectivity index (χ0n) is 13.6. The summed E-state index contributed by atoms with van der Waals surface area (Å²) in [4.78, 5) is 39.1. The molecule has 1 aromatic heterocycles. The monoisotopic (exact) mass is 345 g/mol. The summed E-state index contributed by atoms with van der Waals surface area (Å²) in [5.74, 6) is -2.25. The van der Waals surface area contributed by atoms with Crippen LogP contribution in [-0.4, -0.2) is 41.1 Å². The molecule has 0 aliphatic heterocycles. The molecule has 0 aliphatic rings. The second-order valence-electron chi connectivity index (χ2n) is 5.37. The number of esters is 1. The fourth-order valence-electron chi connectivity index (χ4n) is 2.28. The molecule has 8 heteroatoms. The summed E-state index contributed by atoms with van der Waals surface area (Å²) in [6.45, 7) is 0.186. The Morgan fingerprint density at radius 3 is 2.52 bits per heavy atom. The van der Waals surface area contributed by atoms with Gasteiger partial charge in [-0.3, -0.25) is 9.59 Å². The Hall–Kier alpha value is -3.13. The SMILES string of the molecule is COC(=O)C[C@H](N)C(=O)N(Cc1ccccc1)c1c[nH]c(C(=O)O)c1. The Labute approximate surface area is 144 Å². The molecule has 1 atom stereocenters. The average molecular weight is 345 g/mol. The number of ether oxygens (including phenoxy) is 1. The van der Waals surface area contributed by atoms with Crippen molar-refractivity contribution < 1.29 is 24.2 Å². The third kappa shape index (κ3) is 4.67. The maximum Gasteiger partial charge on any atom is 0.352 e. The van der Waals surface area contributed by atoms with Gasteiger partial charge in [0.2, 0.25) is 5.91 Å². The number of hydrogen-bond acceptors (Lipinski definition) is 5. The molecular formula is C17H19N3O5. The molecule has 0 fully saturated rings. The van der Waals surface area contributed by atoms with Crippen LogP contribution < -0.4 is 10.6 Å². The second kappa shape index (κ2) is 8.11. The average Bonchev–Trinajstić information content (AvgIpc) is 3.10. The molecule has 4 N–H and O–H groups in total. The first-order valence-corrected chi connectivity index (χ1v) is 7.51. The number of nitrogens with one attached hydrogen (secondary N) is 1. The molecular weight excluding hydrogens is 326 g/mol. The number of methoxy groups -OCH3 is 1. The van der Waals surface area contributed by atoms with E-state index in [1.165, 1.54) is 24.3 Å². The number of rotatable bonds is 7. The largest absolute Gasteiger partial charge is 0.477 e. The number of anilines is 1. The van der Waals surface area contributed by atoms with E-state index >= 15 is 0 Å². The smallest absolute Gasteiger partial charge is 0.352 e. The van der Waals surface area contributed by atoms with E-state index in [0.29, 0.717) is 5.69 Å². The van der Waals surface area contributed by atoms with Gasteiger partial charge in [0.05, 0.1) is 31.8 Å². The quantitative estimate of drug-likeness (QED) is 0.646. The number of H-pyrrole nitrogens is 1.